The van der Waals surface area contributed by atoms with Crippen molar-refractivity contribution in [2.24, 2.45) is 7.05 Å². The molecule has 0 aromatic carbocycles. The quantitative estimate of drug-likeness (QED) is 0.800. The third-order valence-corrected chi connectivity index (χ3v) is 5.65. The minimum absolute atomic E-state index is 0.110. The summed E-state index contributed by atoms with van der Waals surface area (Å²) < 4.78 is 33.1. The van der Waals surface area contributed by atoms with Crippen LogP contribution in [-0.4, -0.2) is 58.5 Å². The molecule has 0 unspecified atom stereocenters. The molecule has 1 aliphatic rings. The van der Waals surface area contributed by atoms with Crippen molar-refractivity contribution >= 4 is 10.0 Å². The molecular weight excluding hydrogens is 306 g/mol. The van der Waals surface area contributed by atoms with E-state index in [1.54, 1.807) is 17.8 Å². The monoisotopic (exact) mass is 325 g/mol. The van der Waals surface area contributed by atoms with E-state index in [0.717, 1.165) is 17.9 Å². The molecule has 1 fully saturated rings. The average molecular weight is 325 g/mol. The van der Waals surface area contributed by atoms with Crippen LogP contribution >= 0.6 is 0 Å². The first-order valence-electron chi connectivity index (χ1n) is 7.07. The van der Waals surface area contributed by atoms with Gasteiger partial charge in [0.05, 0.1) is 12.5 Å². The maximum absolute atomic E-state index is 12.5. The van der Waals surface area contributed by atoms with Crippen molar-refractivity contribution in [3.05, 3.63) is 30.0 Å². The number of hydrogen-bond donors (Lipinski definition) is 0. The summed E-state index contributed by atoms with van der Waals surface area (Å²) in [5.41, 5.74) is 1.04. The third kappa shape index (κ3) is 2.92. The van der Waals surface area contributed by atoms with E-state index >= 15 is 0 Å². The van der Waals surface area contributed by atoms with Gasteiger partial charge in [0.1, 0.15) is 5.76 Å². The van der Waals surface area contributed by atoms with Gasteiger partial charge in [0, 0.05) is 51.5 Å². The van der Waals surface area contributed by atoms with Gasteiger partial charge in [-0.3, -0.25) is 4.90 Å². The second-order valence-corrected chi connectivity index (χ2v) is 7.35. The van der Waals surface area contributed by atoms with Gasteiger partial charge in [-0.1, -0.05) is 5.16 Å². The Balaban J connectivity index is 1.63. The molecule has 22 heavy (non-hydrogen) atoms. The summed E-state index contributed by atoms with van der Waals surface area (Å²) in [5, 5.41) is 3.87. The number of rotatable bonds is 4. The molecule has 0 atom stereocenters. The fourth-order valence-corrected chi connectivity index (χ4v) is 3.88. The van der Waals surface area contributed by atoms with Gasteiger partial charge >= 0.3 is 0 Å². The molecule has 0 bridgehead atoms. The van der Waals surface area contributed by atoms with Crippen molar-refractivity contribution in [1.29, 1.82) is 0 Å². The Hall–Kier alpha value is -1.71. The van der Waals surface area contributed by atoms with Crippen LogP contribution in [0.25, 0.3) is 0 Å². The lowest BCUT2D eigenvalue weighted by Crippen LogP contribution is -2.48. The smallest absolute Gasteiger partial charge is 0.262 e. The van der Waals surface area contributed by atoms with Crippen molar-refractivity contribution in [3.8, 4) is 0 Å². The largest absolute Gasteiger partial charge is 0.361 e. The summed E-state index contributed by atoms with van der Waals surface area (Å²) in [6.45, 7) is 4.89. The predicted molar refractivity (Wildman–Crippen MR) is 78.5 cm³/mol. The second kappa shape index (κ2) is 5.82. The molecule has 9 heteroatoms. The number of nitrogens with zero attached hydrogens (tertiary/aromatic N) is 5. The maximum Gasteiger partial charge on any atom is 0.262 e. The highest BCUT2D eigenvalue weighted by molar-refractivity contribution is 7.89. The normalized spacial score (nSPS) is 17.9. The first-order valence-corrected chi connectivity index (χ1v) is 8.51. The Morgan fingerprint density at radius 2 is 2.00 bits per heavy atom. The van der Waals surface area contributed by atoms with Crippen LogP contribution in [-0.2, 0) is 23.6 Å². The Morgan fingerprint density at radius 1 is 1.27 bits per heavy atom. The van der Waals surface area contributed by atoms with E-state index in [9.17, 15) is 8.42 Å². The zero-order chi connectivity index (χ0) is 15.7. The summed E-state index contributed by atoms with van der Waals surface area (Å²) in [5.74, 6) is 0.809. The van der Waals surface area contributed by atoms with Crippen LogP contribution in [0.15, 0.2) is 28.3 Å². The van der Waals surface area contributed by atoms with E-state index in [1.165, 1.54) is 16.8 Å². The van der Waals surface area contributed by atoms with Gasteiger partial charge < -0.3 is 9.09 Å². The number of aryl methyl sites for hydroxylation is 2. The molecule has 0 saturated carbocycles. The summed E-state index contributed by atoms with van der Waals surface area (Å²) in [4.78, 5) is 6.15. The molecule has 0 radical (unpaired) electrons. The van der Waals surface area contributed by atoms with Gasteiger partial charge in [0.25, 0.3) is 10.0 Å². The SMILES string of the molecule is Cc1oncc1CN1CCN(S(=O)(=O)c2cn(C)cn2)CC1. The van der Waals surface area contributed by atoms with Crippen molar-refractivity contribution in [1.82, 2.24) is 23.9 Å². The number of aromatic nitrogens is 3. The van der Waals surface area contributed by atoms with Crippen LogP contribution in [0.3, 0.4) is 0 Å². The van der Waals surface area contributed by atoms with E-state index in [4.69, 9.17) is 4.52 Å². The summed E-state index contributed by atoms with van der Waals surface area (Å²) in [6, 6.07) is 0. The van der Waals surface area contributed by atoms with E-state index < -0.39 is 10.0 Å². The Labute approximate surface area is 129 Å². The van der Waals surface area contributed by atoms with Crippen LogP contribution in [0.4, 0.5) is 0 Å². The molecule has 0 aliphatic carbocycles. The van der Waals surface area contributed by atoms with Gasteiger partial charge in [-0.05, 0) is 6.92 Å². The second-order valence-electron chi connectivity index (χ2n) is 5.46. The number of imidazole rings is 1. The van der Waals surface area contributed by atoms with Crippen LogP contribution in [0, 0.1) is 6.92 Å². The first-order chi connectivity index (χ1) is 10.5. The molecule has 120 valence electrons. The number of piperazine rings is 1. The molecule has 1 saturated heterocycles. The summed E-state index contributed by atoms with van der Waals surface area (Å²) >= 11 is 0. The van der Waals surface area contributed by atoms with Gasteiger partial charge in [-0.2, -0.15) is 4.31 Å². The molecule has 2 aromatic heterocycles. The minimum Gasteiger partial charge on any atom is -0.361 e. The van der Waals surface area contributed by atoms with Crippen LogP contribution in [0.5, 0.6) is 0 Å². The molecular formula is C13H19N5O3S. The fourth-order valence-electron chi connectivity index (χ4n) is 2.49. The molecule has 0 spiro atoms. The Morgan fingerprint density at radius 3 is 2.55 bits per heavy atom. The Bertz CT molecular complexity index is 743. The summed E-state index contributed by atoms with van der Waals surface area (Å²) in [7, 11) is -1.74. The maximum atomic E-state index is 12.5. The number of hydrogen-bond acceptors (Lipinski definition) is 6. The first kappa shape index (κ1) is 15.2. The average Bonchev–Trinajstić information content (AvgIpc) is 3.09. The van der Waals surface area contributed by atoms with Crippen molar-refractivity contribution in [2.75, 3.05) is 26.2 Å². The topological polar surface area (TPSA) is 84.5 Å². The van der Waals surface area contributed by atoms with E-state index in [1.807, 2.05) is 6.92 Å². The van der Waals surface area contributed by atoms with Crippen molar-refractivity contribution in [3.63, 3.8) is 0 Å². The van der Waals surface area contributed by atoms with E-state index in [-0.39, 0.29) is 5.03 Å². The zero-order valence-electron chi connectivity index (χ0n) is 12.6. The summed E-state index contributed by atoms with van der Waals surface area (Å²) in [6.07, 6.45) is 4.74. The predicted octanol–water partition coefficient (Wildman–Crippen LogP) is 0.223. The van der Waals surface area contributed by atoms with E-state index in [2.05, 4.69) is 15.0 Å². The molecule has 0 amide bonds. The lowest BCUT2D eigenvalue weighted by molar-refractivity contribution is 0.180. The molecule has 0 N–H and O–H groups in total. The van der Waals surface area contributed by atoms with Gasteiger partial charge in [0.2, 0.25) is 0 Å². The number of sulfonamides is 1. The van der Waals surface area contributed by atoms with Crippen LogP contribution in [0.2, 0.25) is 0 Å². The molecule has 3 rings (SSSR count). The van der Waals surface area contributed by atoms with Crippen LogP contribution < -0.4 is 0 Å². The van der Waals surface area contributed by atoms with Gasteiger partial charge in [0.15, 0.2) is 5.03 Å². The van der Waals surface area contributed by atoms with Crippen LogP contribution in [0.1, 0.15) is 11.3 Å². The molecule has 2 aromatic rings. The third-order valence-electron chi connectivity index (χ3n) is 3.86. The highest BCUT2D eigenvalue weighted by atomic mass is 32.2. The molecule has 3 heterocycles. The highest BCUT2D eigenvalue weighted by Crippen LogP contribution is 2.17. The lowest BCUT2D eigenvalue weighted by atomic mass is 10.2. The zero-order valence-corrected chi connectivity index (χ0v) is 13.5. The Kier molecular flexibility index (Phi) is 4.02. The van der Waals surface area contributed by atoms with Gasteiger partial charge in [-0.25, -0.2) is 13.4 Å². The van der Waals surface area contributed by atoms with Crippen molar-refractivity contribution < 1.29 is 12.9 Å². The van der Waals surface area contributed by atoms with E-state index in [0.29, 0.717) is 26.2 Å². The van der Waals surface area contributed by atoms with Gasteiger partial charge in [-0.15, -0.1) is 0 Å². The molecule has 1 aliphatic heterocycles. The lowest BCUT2D eigenvalue weighted by Gasteiger charge is -2.33. The minimum atomic E-state index is -3.49. The van der Waals surface area contributed by atoms with Crippen molar-refractivity contribution in [2.45, 2.75) is 18.5 Å². The fraction of sp³-hybridized carbons (Fsp3) is 0.538. The standard InChI is InChI=1S/C13H19N5O3S/c1-11-12(7-15-21-11)8-17-3-5-18(6-4-17)22(19,20)13-9-16(2)10-14-13/h7,9-10H,3-6,8H2,1-2H3. The highest BCUT2D eigenvalue weighted by Gasteiger charge is 2.30. The molecule has 8 nitrogen and oxygen atoms in total.